The van der Waals surface area contributed by atoms with Gasteiger partial charge < -0.3 is 10.6 Å². The molecule has 92 valence electrons. The predicted molar refractivity (Wildman–Crippen MR) is 68.9 cm³/mol. The molecule has 1 fully saturated rings. The highest BCUT2D eigenvalue weighted by Crippen LogP contribution is 2.32. The first-order valence-electron chi connectivity index (χ1n) is 6.24. The molecule has 0 spiro atoms. The summed E-state index contributed by atoms with van der Waals surface area (Å²) in [5.74, 6) is 0.0545. The molecule has 3 nitrogen and oxygen atoms in total. The first-order chi connectivity index (χ1) is 8.23. The molecule has 1 aliphatic heterocycles. The Hall–Kier alpha value is -1.35. The number of piperidine rings is 1. The van der Waals surface area contributed by atoms with Crippen LogP contribution in [0.4, 0.5) is 0 Å². The fraction of sp³-hybridized carbons (Fsp3) is 0.500. The van der Waals surface area contributed by atoms with Gasteiger partial charge in [0.15, 0.2) is 0 Å². The van der Waals surface area contributed by atoms with Gasteiger partial charge in [-0.1, -0.05) is 30.3 Å². The van der Waals surface area contributed by atoms with Gasteiger partial charge in [0, 0.05) is 18.9 Å². The molecule has 1 aromatic carbocycles. The van der Waals surface area contributed by atoms with Gasteiger partial charge in [-0.15, -0.1) is 0 Å². The van der Waals surface area contributed by atoms with Gasteiger partial charge in [0.25, 0.3) is 0 Å². The fourth-order valence-electron chi connectivity index (χ4n) is 2.56. The summed E-state index contributed by atoms with van der Waals surface area (Å²) in [5, 5.41) is 6.37. The van der Waals surface area contributed by atoms with E-state index in [0.29, 0.717) is 0 Å². The van der Waals surface area contributed by atoms with E-state index >= 15 is 0 Å². The van der Waals surface area contributed by atoms with E-state index in [1.54, 1.807) is 6.92 Å². The van der Waals surface area contributed by atoms with Crippen LogP contribution in [0, 0.1) is 0 Å². The molecule has 3 heteroatoms. The van der Waals surface area contributed by atoms with Gasteiger partial charge in [-0.25, -0.2) is 0 Å². The highest BCUT2D eigenvalue weighted by Gasteiger charge is 2.33. The third-order valence-electron chi connectivity index (χ3n) is 3.62. The molecule has 0 atom stereocenters. The Kier molecular flexibility index (Phi) is 3.79. The number of rotatable bonds is 3. The van der Waals surface area contributed by atoms with Gasteiger partial charge in [-0.2, -0.15) is 0 Å². The quantitative estimate of drug-likeness (QED) is 0.828. The van der Waals surface area contributed by atoms with Gasteiger partial charge in [0.2, 0.25) is 5.91 Å². The van der Waals surface area contributed by atoms with E-state index in [-0.39, 0.29) is 11.3 Å². The van der Waals surface area contributed by atoms with E-state index < -0.39 is 0 Å². The molecule has 0 radical (unpaired) electrons. The van der Waals surface area contributed by atoms with Crippen molar-refractivity contribution in [2.75, 3.05) is 19.6 Å². The zero-order chi connectivity index (χ0) is 12.1. The lowest BCUT2D eigenvalue weighted by molar-refractivity contribution is -0.119. The summed E-state index contributed by atoms with van der Waals surface area (Å²) in [6, 6.07) is 10.5. The highest BCUT2D eigenvalue weighted by molar-refractivity contribution is 5.73. The molecule has 2 rings (SSSR count). The second-order valence-corrected chi connectivity index (χ2v) is 4.81. The van der Waals surface area contributed by atoms with Crippen LogP contribution in [0.1, 0.15) is 25.3 Å². The molecule has 1 heterocycles. The van der Waals surface area contributed by atoms with Crippen molar-refractivity contribution in [3.8, 4) is 0 Å². The van der Waals surface area contributed by atoms with E-state index in [9.17, 15) is 4.79 Å². The Labute approximate surface area is 103 Å². The number of carbonyl (C=O) groups excluding carboxylic acids is 1. The second-order valence-electron chi connectivity index (χ2n) is 4.81. The van der Waals surface area contributed by atoms with Crippen molar-refractivity contribution in [2.45, 2.75) is 25.2 Å². The van der Waals surface area contributed by atoms with Gasteiger partial charge in [-0.3, -0.25) is 4.79 Å². The molecule has 1 amide bonds. The predicted octanol–water partition coefficient (Wildman–Crippen LogP) is 1.44. The Balaban J connectivity index is 2.20. The van der Waals surface area contributed by atoms with Crippen molar-refractivity contribution in [1.82, 2.24) is 10.6 Å². The summed E-state index contributed by atoms with van der Waals surface area (Å²) in [7, 11) is 0. The minimum Gasteiger partial charge on any atom is -0.355 e. The topological polar surface area (TPSA) is 41.1 Å². The summed E-state index contributed by atoms with van der Waals surface area (Å²) >= 11 is 0. The fourth-order valence-corrected chi connectivity index (χ4v) is 2.56. The van der Waals surface area contributed by atoms with E-state index in [4.69, 9.17) is 0 Å². The molecule has 0 aromatic heterocycles. The maximum atomic E-state index is 11.1. The van der Waals surface area contributed by atoms with E-state index in [1.807, 2.05) is 6.07 Å². The Morgan fingerprint density at radius 2 is 1.94 bits per heavy atom. The van der Waals surface area contributed by atoms with Crippen molar-refractivity contribution in [2.24, 2.45) is 0 Å². The standard InChI is InChI=1S/C14H20N2O/c1-12(17)16-11-14(7-9-15-10-8-14)13-5-3-2-4-6-13/h2-6,15H,7-11H2,1H3,(H,16,17). The molecule has 1 saturated heterocycles. The first-order valence-corrected chi connectivity index (χ1v) is 6.24. The lowest BCUT2D eigenvalue weighted by Gasteiger charge is -2.38. The van der Waals surface area contributed by atoms with Crippen molar-refractivity contribution >= 4 is 5.91 Å². The molecule has 0 bridgehead atoms. The molecule has 17 heavy (non-hydrogen) atoms. The van der Waals surface area contributed by atoms with Crippen LogP contribution in [0.5, 0.6) is 0 Å². The Morgan fingerprint density at radius 1 is 1.29 bits per heavy atom. The zero-order valence-corrected chi connectivity index (χ0v) is 10.3. The molecular weight excluding hydrogens is 212 g/mol. The summed E-state index contributed by atoms with van der Waals surface area (Å²) < 4.78 is 0. The molecule has 0 saturated carbocycles. The average molecular weight is 232 g/mol. The van der Waals surface area contributed by atoms with Crippen LogP contribution in [0.2, 0.25) is 0 Å². The largest absolute Gasteiger partial charge is 0.355 e. The van der Waals surface area contributed by atoms with Gasteiger partial charge in [-0.05, 0) is 31.5 Å². The maximum absolute atomic E-state index is 11.1. The minimum atomic E-state index is 0.0545. The van der Waals surface area contributed by atoms with Gasteiger partial charge >= 0.3 is 0 Å². The van der Waals surface area contributed by atoms with Crippen molar-refractivity contribution in [1.29, 1.82) is 0 Å². The lowest BCUT2D eigenvalue weighted by atomic mass is 9.73. The van der Waals surface area contributed by atoms with Crippen LogP contribution < -0.4 is 10.6 Å². The lowest BCUT2D eigenvalue weighted by Crippen LogP contribution is -2.47. The normalized spacial score (nSPS) is 18.6. The number of carbonyl (C=O) groups is 1. The first kappa shape index (κ1) is 12.1. The molecule has 1 aromatic rings. The number of nitrogens with one attached hydrogen (secondary N) is 2. The third kappa shape index (κ3) is 2.86. The second kappa shape index (κ2) is 5.32. The summed E-state index contributed by atoms with van der Waals surface area (Å²) in [6.07, 6.45) is 2.16. The molecule has 2 N–H and O–H groups in total. The van der Waals surface area contributed by atoms with Crippen LogP contribution >= 0.6 is 0 Å². The van der Waals surface area contributed by atoms with Crippen LogP contribution in [0.3, 0.4) is 0 Å². The third-order valence-corrected chi connectivity index (χ3v) is 3.62. The van der Waals surface area contributed by atoms with E-state index in [1.165, 1.54) is 5.56 Å². The van der Waals surface area contributed by atoms with Gasteiger partial charge in [0.05, 0.1) is 0 Å². The molecule has 0 aliphatic carbocycles. The van der Waals surface area contributed by atoms with Crippen LogP contribution in [-0.2, 0) is 10.2 Å². The molecule has 0 unspecified atom stereocenters. The molecule has 1 aliphatic rings. The van der Waals surface area contributed by atoms with Crippen LogP contribution in [0.15, 0.2) is 30.3 Å². The highest BCUT2D eigenvalue weighted by atomic mass is 16.1. The Morgan fingerprint density at radius 3 is 2.53 bits per heavy atom. The molecular formula is C14H20N2O. The van der Waals surface area contributed by atoms with Crippen LogP contribution in [0.25, 0.3) is 0 Å². The minimum absolute atomic E-state index is 0.0545. The summed E-state index contributed by atoms with van der Waals surface area (Å²) in [6.45, 7) is 4.37. The van der Waals surface area contributed by atoms with Gasteiger partial charge in [0.1, 0.15) is 0 Å². The number of hydrogen-bond donors (Lipinski definition) is 2. The summed E-state index contributed by atoms with van der Waals surface area (Å²) in [5.41, 5.74) is 1.45. The SMILES string of the molecule is CC(=O)NCC1(c2ccccc2)CCNCC1. The summed E-state index contributed by atoms with van der Waals surface area (Å²) in [4.78, 5) is 11.1. The Bertz CT molecular complexity index is 369. The van der Waals surface area contributed by atoms with Crippen molar-refractivity contribution in [3.63, 3.8) is 0 Å². The average Bonchev–Trinajstić information content (AvgIpc) is 2.39. The number of benzene rings is 1. The zero-order valence-electron chi connectivity index (χ0n) is 10.3. The van der Waals surface area contributed by atoms with Crippen LogP contribution in [-0.4, -0.2) is 25.5 Å². The van der Waals surface area contributed by atoms with Crippen molar-refractivity contribution < 1.29 is 4.79 Å². The number of amides is 1. The van der Waals surface area contributed by atoms with Crippen molar-refractivity contribution in [3.05, 3.63) is 35.9 Å². The smallest absolute Gasteiger partial charge is 0.216 e. The van der Waals surface area contributed by atoms with E-state index in [0.717, 1.165) is 32.5 Å². The number of hydrogen-bond acceptors (Lipinski definition) is 2. The maximum Gasteiger partial charge on any atom is 0.216 e. The van der Waals surface area contributed by atoms with E-state index in [2.05, 4.69) is 34.9 Å². The monoisotopic (exact) mass is 232 g/mol.